The van der Waals surface area contributed by atoms with Crippen molar-refractivity contribution in [3.63, 3.8) is 0 Å². The predicted octanol–water partition coefficient (Wildman–Crippen LogP) is 6.21. The number of esters is 1. The van der Waals surface area contributed by atoms with Crippen LogP contribution >= 0.6 is 11.3 Å². The van der Waals surface area contributed by atoms with E-state index >= 15 is 8.78 Å². The van der Waals surface area contributed by atoms with Crippen LogP contribution in [0.5, 0.6) is 0 Å². The summed E-state index contributed by atoms with van der Waals surface area (Å²) in [6, 6.07) is 2.34. The summed E-state index contributed by atoms with van der Waals surface area (Å²) in [7, 11) is 0. The van der Waals surface area contributed by atoms with Crippen molar-refractivity contribution >= 4 is 28.2 Å². The maximum atomic E-state index is 15.9. The van der Waals surface area contributed by atoms with Crippen molar-refractivity contribution in [1.29, 1.82) is 0 Å². The third-order valence-corrected chi connectivity index (χ3v) is 7.41. The largest absolute Gasteiger partial charge is 0.462 e. The van der Waals surface area contributed by atoms with Crippen LogP contribution in [0.2, 0.25) is 0 Å². The molecule has 0 spiro atoms. The zero-order valence-electron chi connectivity index (χ0n) is 17.8. The van der Waals surface area contributed by atoms with Crippen LogP contribution in [-0.4, -0.2) is 17.1 Å². The monoisotopic (exact) mass is 470 g/mol. The number of carbonyl (C=O) groups is 1. The highest BCUT2D eigenvalue weighted by Crippen LogP contribution is 2.44. The SMILES string of the molecule is CCOC(=O)c1cn(C2CC2)c2c(F)c(-c3cc4c(s3)CCCC4N=[N+]=[N-])cc(F)c2c1=O. The second-order valence-electron chi connectivity index (χ2n) is 8.28. The van der Waals surface area contributed by atoms with Gasteiger partial charge in [0.1, 0.15) is 11.4 Å². The summed E-state index contributed by atoms with van der Waals surface area (Å²) >= 11 is 1.35. The number of azide groups is 1. The Morgan fingerprint density at radius 3 is 2.82 bits per heavy atom. The van der Waals surface area contributed by atoms with E-state index < -0.39 is 28.4 Å². The van der Waals surface area contributed by atoms with Gasteiger partial charge in [0.25, 0.3) is 0 Å². The minimum Gasteiger partial charge on any atom is -0.462 e. The Morgan fingerprint density at radius 1 is 1.33 bits per heavy atom. The van der Waals surface area contributed by atoms with Crippen LogP contribution in [-0.2, 0) is 11.2 Å². The topological polar surface area (TPSA) is 97.1 Å². The van der Waals surface area contributed by atoms with Crippen molar-refractivity contribution in [3.8, 4) is 10.4 Å². The molecule has 5 rings (SSSR count). The van der Waals surface area contributed by atoms with E-state index in [1.807, 2.05) is 0 Å². The lowest BCUT2D eigenvalue weighted by atomic mass is 9.94. The van der Waals surface area contributed by atoms with Gasteiger partial charge in [-0.3, -0.25) is 4.79 Å². The standard InChI is InChI=1S/C23H20F2N4O3S/c1-2-32-23(31)14-10-29(11-6-7-11)21-19(22(14)30)15(24)8-13(20(21)25)18-9-12-16(27-28-26)4-3-5-17(12)33-18/h8-11,16H,2-7H2,1H3. The van der Waals surface area contributed by atoms with Gasteiger partial charge in [0.05, 0.1) is 23.6 Å². The first-order valence-corrected chi connectivity index (χ1v) is 11.7. The number of thiophene rings is 1. The second kappa shape index (κ2) is 8.28. The number of rotatable bonds is 5. The lowest BCUT2D eigenvalue weighted by molar-refractivity contribution is 0.0524. The molecule has 33 heavy (non-hydrogen) atoms. The van der Waals surface area contributed by atoms with E-state index in [1.54, 1.807) is 13.0 Å². The molecule has 2 aromatic heterocycles. The lowest BCUT2D eigenvalue weighted by Gasteiger charge is -2.17. The molecule has 1 unspecified atom stereocenters. The third kappa shape index (κ3) is 3.59. The number of hydrogen-bond donors (Lipinski definition) is 0. The molecule has 0 aliphatic heterocycles. The van der Waals surface area contributed by atoms with Crippen LogP contribution in [0.4, 0.5) is 8.78 Å². The molecular weight excluding hydrogens is 450 g/mol. The summed E-state index contributed by atoms with van der Waals surface area (Å²) in [5.74, 6) is -2.44. The summed E-state index contributed by atoms with van der Waals surface area (Å²) in [6.07, 6.45) is 5.12. The number of aryl methyl sites for hydroxylation is 1. The second-order valence-corrected chi connectivity index (χ2v) is 9.41. The molecule has 1 atom stereocenters. The van der Waals surface area contributed by atoms with Gasteiger partial charge in [-0.25, -0.2) is 13.6 Å². The van der Waals surface area contributed by atoms with Crippen molar-refractivity contribution < 1.29 is 18.3 Å². The fourth-order valence-corrected chi connectivity index (χ4v) is 5.76. The van der Waals surface area contributed by atoms with Crippen molar-refractivity contribution in [2.75, 3.05) is 6.61 Å². The predicted molar refractivity (Wildman–Crippen MR) is 120 cm³/mol. The van der Waals surface area contributed by atoms with Gasteiger partial charge in [0.2, 0.25) is 5.43 Å². The Balaban J connectivity index is 1.74. The van der Waals surface area contributed by atoms with Gasteiger partial charge in [0, 0.05) is 32.5 Å². The minimum atomic E-state index is -0.884. The summed E-state index contributed by atoms with van der Waals surface area (Å²) in [5.41, 5.74) is 8.45. The molecule has 1 aromatic carbocycles. The number of ether oxygens (including phenoxy) is 1. The highest BCUT2D eigenvalue weighted by atomic mass is 32.1. The van der Waals surface area contributed by atoms with E-state index in [0.717, 1.165) is 42.2 Å². The van der Waals surface area contributed by atoms with Gasteiger partial charge in [0.15, 0.2) is 5.82 Å². The van der Waals surface area contributed by atoms with E-state index in [2.05, 4.69) is 10.0 Å². The van der Waals surface area contributed by atoms with Crippen LogP contribution in [0.3, 0.4) is 0 Å². The molecule has 7 nitrogen and oxygen atoms in total. The zero-order valence-corrected chi connectivity index (χ0v) is 18.6. The maximum absolute atomic E-state index is 15.9. The molecule has 170 valence electrons. The van der Waals surface area contributed by atoms with Crippen LogP contribution in [0, 0.1) is 11.6 Å². The van der Waals surface area contributed by atoms with E-state index in [1.165, 1.54) is 22.1 Å². The third-order valence-electron chi connectivity index (χ3n) is 6.16. The number of hydrogen-bond acceptors (Lipinski definition) is 5. The number of benzene rings is 1. The van der Waals surface area contributed by atoms with Crippen molar-refractivity contribution in [1.82, 2.24) is 4.57 Å². The van der Waals surface area contributed by atoms with Crippen LogP contribution in [0.15, 0.2) is 28.2 Å². The number of pyridine rings is 1. The molecule has 0 radical (unpaired) electrons. The van der Waals surface area contributed by atoms with E-state index in [-0.39, 0.29) is 35.3 Å². The molecule has 2 aliphatic carbocycles. The first-order valence-electron chi connectivity index (χ1n) is 10.9. The average Bonchev–Trinajstić information content (AvgIpc) is 3.54. The first-order chi connectivity index (χ1) is 15.9. The summed E-state index contributed by atoms with van der Waals surface area (Å²) in [6.45, 7) is 1.67. The maximum Gasteiger partial charge on any atom is 0.343 e. The molecule has 2 aliphatic rings. The molecule has 3 aromatic rings. The quantitative estimate of drug-likeness (QED) is 0.192. The minimum absolute atomic E-state index is 0.0526. The lowest BCUT2D eigenvalue weighted by Crippen LogP contribution is -2.22. The van der Waals surface area contributed by atoms with Gasteiger partial charge in [-0.05, 0) is 62.3 Å². The van der Waals surface area contributed by atoms with E-state index in [4.69, 9.17) is 10.3 Å². The van der Waals surface area contributed by atoms with Gasteiger partial charge in [-0.2, -0.15) is 0 Å². The van der Waals surface area contributed by atoms with Crippen molar-refractivity contribution in [2.45, 2.75) is 51.1 Å². The molecule has 0 N–H and O–H groups in total. The number of halogens is 2. The van der Waals surface area contributed by atoms with Gasteiger partial charge in [-0.1, -0.05) is 5.11 Å². The fourth-order valence-electron chi connectivity index (χ4n) is 4.49. The molecule has 1 fully saturated rings. The molecule has 2 heterocycles. The van der Waals surface area contributed by atoms with E-state index in [0.29, 0.717) is 11.3 Å². The number of carbonyl (C=O) groups excluding carboxylic acids is 1. The highest BCUT2D eigenvalue weighted by molar-refractivity contribution is 7.15. The fraction of sp³-hybridized carbons (Fsp3) is 0.391. The summed E-state index contributed by atoms with van der Waals surface area (Å²) in [5, 5.41) is 3.41. The van der Waals surface area contributed by atoms with E-state index in [9.17, 15) is 9.59 Å². The normalized spacial score (nSPS) is 17.5. The Hall–Kier alpha value is -3.23. The van der Waals surface area contributed by atoms with Crippen LogP contribution in [0.1, 0.15) is 65.5 Å². The molecule has 0 saturated heterocycles. The summed E-state index contributed by atoms with van der Waals surface area (Å²) < 4.78 is 37.7. The van der Waals surface area contributed by atoms with Gasteiger partial charge < -0.3 is 9.30 Å². The first kappa shape index (κ1) is 21.6. The Bertz CT molecular complexity index is 1400. The van der Waals surface area contributed by atoms with Crippen LogP contribution in [0.25, 0.3) is 31.8 Å². The zero-order chi connectivity index (χ0) is 23.3. The smallest absolute Gasteiger partial charge is 0.343 e. The van der Waals surface area contributed by atoms with Crippen molar-refractivity contribution in [3.05, 3.63) is 66.6 Å². The molecule has 1 saturated carbocycles. The number of fused-ring (bicyclic) bond motifs is 2. The number of aromatic nitrogens is 1. The molecular formula is C23H20F2N4O3S. The average molecular weight is 471 g/mol. The molecule has 0 bridgehead atoms. The van der Waals surface area contributed by atoms with Gasteiger partial charge >= 0.3 is 5.97 Å². The van der Waals surface area contributed by atoms with Gasteiger partial charge in [-0.15, -0.1) is 11.3 Å². The highest BCUT2D eigenvalue weighted by Gasteiger charge is 2.31. The Morgan fingerprint density at radius 2 is 2.12 bits per heavy atom. The molecule has 10 heteroatoms. The summed E-state index contributed by atoms with van der Waals surface area (Å²) in [4.78, 5) is 29.7. The van der Waals surface area contributed by atoms with Crippen molar-refractivity contribution in [2.24, 2.45) is 5.11 Å². The molecule has 0 amide bonds. The Labute approximate surface area is 191 Å². The Kier molecular flexibility index (Phi) is 5.42. The van der Waals surface area contributed by atoms with Crippen LogP contribution < -0.4 is 5.43 Å². The number of nitrogens with zero attached hydrogens (tertiary/aromatic N) is 4.